The summed E-state index contributed by atoms with van der Waals surface area (Å²) in [4.78, 5) is 35.6. The summed E-state index contributed by atoms with van der Waals surface area (Å²) >= 11 is 0. The molecule has 1 unspecified atom stereocenters. The molecule has 1 N–H and O–H groups in total. The highest BCUT2D eigenvalue weighted by molar-refractivity contribution is 5.96. The SMILES string of the molecule is Cc1ccc(NC(=O)C2CCCN(C(=O)c3ccc(Oc4cccnc4)cc3)C2)nc1. The minimum atomic E-state index is -0.256. The lowest BCUT2D eigenvalue weighted by Crippen LogP contribution is -2.43. The van der Waals surface area contributed by atoms with Crippen molar-refractivity contribution in [1.29, 1.82) is 0 Å². The monoisotopic (exact) mass is 416 g/mol. The van der Waals surface area contributed by atoms with Gasteiger partial charge in [0.2, 0.25) is 5.91 Å². The fourth-order valence-electron chi connectivity index (χ4n) is 3.54. The molecular formula is C24H24N4O3. The van der Waals surface area contributed by atoms with Crippen LogP contribution in [0, 0.1) is 12.8 Å². The average Bonchev–Trinajstić information content (AvgIpc) is 2.81. The van der Waals surface area contributed by atoms with E-state index in [4.69, 9.17) is 4.74 Å². The van der Waals surface area contributed by atoms with Gasteiger partial charge in [0, 0.05) is 31.0 Å². The van der Waals surface area contributed by atoms with Crippen LogP contribution < -0.4 is 10.1 Å². The smallest absolute Gasteiger partial charge is 0.253 e. The number of carbonyl (C=O) groups is 2. The number of piperidine rings is 1. The summed E-state index contributed by atoms with van der Waals surface area (Å²) in [5, 5.41) is 2.86. The molecule has 0 spiro atoms. The molecule has 1 atom stereocenters. The number of amides is 2. The fourth-order valence-corrected chi connectivity index (χ4v) is 3.54. The number of likely N-dealkylation sites (tertiary alicyclic amines) is 1. The summed E-state index contributed by atoms with van der Waals surface area (Å²) in [6.07, 6.45) is 6.56. The molecule has 1 aliphatic rings. The van der Waals surface area contributed by atoms with E-state index in [0.717, 1.165) is 18.4 Å². The molecule has 1 saturated heterocycles. The van der Waals surface area contributed by atoms with Gasteiger partial charge in [0.1, 0.15) is 17.3 Å². The Labute approximate surface area is 181 Å². The molecular weight excluding hydrogens is 392 g/mol. The molecule has 0 saturated carbocycles. The van der Waals surface area contributed by atoms with Gasteiger partial charge in [-0.25, -0.2) is 4.98 Å². The van der Waals surface area contributed by atoms with Crippen LogP contribution >= 0.6 is 0 Å². The molecule has 0 aliphatic carbocycles. The van der Waals surface area contributed by atoms with Crippen molar-refractivity contribution in [3.63, 3.8) is 0 Å². The average molecular weight is 416 g/mol. The second kappa shape index (κ2) is 9.38. The minimum Gasteiger partial charge on any atom is -0.456 e. The number of hydrogen-bond donors (Lipinski definition) is 1. The van der Waals surface area contributed by atoms with E-state index < -0.39 is 0 Å². The van der Waals surface area contributed by atoms with Crippen molar-refractivity contribution in [3.8, 4) is 11.5 Å². The number of ether oxygens (including phenoxy) is 1. The molecule has 4 rings (SSSR count). The maximum Gasteiger partial charge on any atom is 0.253 e. The van der Waals surface area contributed by atoms with Crippen molar-refractivity contribution in [2.45, 2.75) is 19.8 Å². The summed E-state index contributed by atoms with van der Waals surface area (Å²) in [5.74, 6) is 1.35. The van der Waals surface area contributed by atoms with Crippen LogP contribution in [0.15, 0.2) is 67.1 Å². The Bertz CT molecular complexity index is 1040. The van der Waals surface area contributed by atoms with Gasteiger partial charge in [0.15, 0.2) is 0 Å². The van der Waals surface area contributed by atoms with Gasteiger partial charge in [-0.15, -0.1) is 0 Å². The lowest BCUT2D eigenvalue weighted by Gasteiger charge is -2.32. The van der Waals surface area contributed by atoms with Gasteiger partial charge >= 0.3 is 0 Å². The van der Waals surface area contributed by atoms with Crippen molar-refractivity contribution in [3.05, 3.63) is 78.2 Å². The molecule has 0 radical (unpaired) electrons. The van der Waals surface area contributed by atoms with E-state index in [9.17, 15) is 9.59 Å². The second-order valence-corrected chi connectivity index (χ2v) is 7.62. The molecule has 158 valence electrons. The molecule has 1 aliphatic heterocycles. The highest BCUT2D eigenvalue weighted by Gasteiger charge is 2.29. The number of nitrogens with zero attached hydrogens (tertiary/aromatic N) is 3. The number of carbonyl (C=O) groups excluding carboxylic acids is 2. The zero-order valence-electron chi connectivity index (χ0n) is 17.3. The third-order valence-corrected chi connectivity index (χ3v) is 5.21. The molecule has 1 fully saturated rings. The van der Waals surface area contributed by atoms with Gasteiger partial charge in [-0.1, -0.05) is 6.07 Å². The Kier molecular flexibility index (Phi) is 6.21. The lowest BCUT2D eigenvalue weighted by atomic mass is 9.96. The Morgan fingerprint density at radius 2 is 1.90 bits per heavy atom. The van der Waals surface area contributed by atoms with Gasteiger partial charge in [-0.05, 0) is 67.8 Å². The predicted molar refractivity (Wildman–Crippen MR) is 117 cm³/mol. The van der Waals surface area contributed by atoms with Crippen LogP contribution in [0.1, 0.15) is 28.8 Å². The second-order valence-electron chi connectivity index (χ2n) is 7.62. The van der Waals surface area contributed by atoms with Crippen molar-refractivity contribution < 1.29 is 14.3 Å². The zero-order chi connectivity index (χ0) is 21.6. The third-order valence-electron chi connectivity index (χ3n) is 5.21. The standard InChI is InChI=1S/C24H24N4O3/c1-17-6-11-22(26-14-17)27-23(29)19-4-3-13-28(16-19)24(30)18-7-9-20(10-8-18)31-21-5-2-12-25-15-21/h2,5-12,14-15,19H,3-4,13,16H2,1H3,(H,26,27,29). The van der Waals surface area contributed by atoms with E-state index in [-0.39, 0.29) is 17.7 Å². The van der Waals surface area contributed by atoms with Crippen LogP contribution in [-0.4, -0.2) is 39.8 Å². The lowest BCUT2D eigenvalue weighted by molar-refractivity contribution is -0.121. The number of anilines is 1. The molecule has 2 aromatic heterocycles. The molecule has 3 heterocycles. The normalized spacial score (nSPS) is 15.9. The third kappa shape index (κ3) is 5.25. The largest absolute Gasteiger partial charge is 0.456 e. The van der Waals surface area contributed by atoms with E-state index in [1.807, 2.05) is 19.1 Å². The Hall–Kier alpha value is -3.74. The molecule has 2 amide bonds. The highest BCUT2D eigenvalue weighted by atomic mass is 16.5. The molecule has 31 heavy (non-hydrogen) atoms. The summed E-state index contributed by atoms with van der Waals surface area (Å²) in [6, 6.07) is 14.3. The first kappa shape index (κ1) is 20.5. The zero-order valence-corrected chi connectivity index (χ0v) is 17.3. The Morgan fingerprint density at radius 3 is 2.61 bits per heavy atom. The summed E-state index contributed by atoms with van der Waals surface area (Å²) in [6.45, 7) is 2.98. The first-order valence-corrected chi connectivity index (χ1v) is 10.3. The number of aryl methyl sites for hydroxylation is 1. The molecule has 1 aromatic carbocycles. The van der Waals surface area contributed by atoms with Crippen LogP contribution in [0.2, 0.25) is 0 Å². The van der Waals surface area contributed by atoms with E-state index in [1.54, 1.807) is 59.9 Å². The van der Waals surface area contributed by atoms with Crippen LogP contribution in [-0.2, 0) is 4.79 Å². The molecule has 7 nitrogen and oxygen atoms in total. The van der Waals surface area contributed by atoms with Crippen LogP contribution in [0.5, 0.6) is 11.5 Å². The first-order chi connectivity index (χ1) is 15.1. The highest BCUT2D eigenvalue weighted by Crippen LogP contribution is 2.23. The number of hydrogen-bond acceptors (Lipinski definition) is 5. The fraction of sp³-hybridized carbons (Fsp3) is 0.250. The van der Waals surface area contributed by atoms with Crippen molar-refractivity contribution in [1.82, 2.24) is 14.9 Å². The maximum absolute atomic E-state index is 13.0. The number of rotatable bonds is 5. The number of nitrogens with one attached hydrogen (secondary N) is 1. The topological polar surface area (TPSA) is 84.4 Å². The quantitative estimate of drug-likeness (QED) is 0.678. The predicted octanol–water partition coefficient (Wildman–Crippen LogP) is 4.07. The van der Waals surface area contributed by atoms with Crippen molar-refractivity contribution in [2.24, 2.45) is 5.92 Å². The van der Waals surface area contributed by atoms with Crippen LogP contribution in [0.25, 0.3) is 0 Å². The minimum absolute atomic E-state index is 0.0844. The molecule has 7 heteroatoms. The maximum atomic E-state index is 13.0. The van der Waals surface area contributed by atoms with Crippen molar-refractivity contribution >= 4 is 17.6 Å². The van der Waals surface area contributed by atoms with E-state index >= 15 is 0 Å². The summed E-state index contributed by atoms with van der Waals surface area (Å²) in [7, 11) is 0. The van der Waals surface area contributed by atoms with E-state index in [1.165, 1.54) is 0 Å². The Balaban J connectivity index is 1.36. The van der Waals surface area contributed by atoms with E-state index in [0.29, 0.717) is 36.0 Å². The van der Waals surface area contributed by atoms with Crippen molar-refractivity contribution in [2.75, 3.05) is 18.4 Å². The van der Waals surface area contributed by atoms with Gasteiger partial charge < -0.3 is 15.0 Å². The number of aromatic nitrogens is 2. The van der Waals surface area contributed by atoms with Gasteiger partial charge in [0.05, 0.1) is 12.1 Å². The Morgan fingerprint density at radius 1 is 1.06 bits per heavy atom. The number of pyridine rings is 2. The van der Waals surface area contributed by atoms with Gasteiger partial charge in [-0.2, -0.15) is 0 Å². The van der Waals surface area contributed by atoms with E-state index in [2.05, 4.69) is 15.3 Å². The molecule has 3 aromatic rings. The van der Waals surface area contributed by atoms with Crippen LogP contribution in [0.4, 0.5) is 5.82 Å². The summed E-state index contributed by atoms with van der Waals surface area (Å²) in [5.41, 5.74) is 1.60. The first-order valence-electron chi connectivity index (χ1n) is 10.3. The number of benzene rings is 1. The van der Waals surface area contributed by atoms with Gasteiger partial charge in [-0.3, -0.25) is 14.6 Å². The van der Waals surface area contributed by atoms with Crippen LogP contribution in [0.3, 0.4) is 0 Å². The summed E-state index contributed by atoms with van der Waals surface area (Å²) < 4.78 is 5.72. The molecule has 0 bridgehead atoms. The van der Waals surface area contributed by atoms with Gasteiger partial charge in [0.25, 0.3) is 5.91 Å².